The van der Waals surface area contributed by atoms with Gasteiger partial charge in [0, 0.05) is 26.1 Å². The highest BCUT2D eigenvalue weighted by atomic mass is 35.5. The molecule has 22 heavy (non-hydrogen) atoms. The van der Waals surface area contributed by atoms with Crippen molar-refractivity contribution in [3.8, 4) is 0 Å². The number of carbonyl (C=O) groups is 2. The maximum absolute atomic E-state index is 12.2. The molecule has 2 rings (SSSR count). The lowest BCUT2D eigenvalue weighted by Crippen LogP contribution is -2.46. The van der Waals surface area contributed by atoms with E-state index in [0.717, 1.165) is 44.8 Å². The lowest BCUT2D eigenvalue weighted by atomic mass is 9.98. The van der Waals surface area contributed by atoms with Crippen LogP contribution in [-0.4, -0.2) is 49.4 Å². The van der Waals surface area contributed by atoms with Crippen LogP contribution in [-0.2, 0) is 9.59 Å². The van der Waals surface area contributed by atoms with Gasteiger partial charge < -0.3 is 15.5 Å². The zero-order valence-electron chi connectivity index (χ0n) is 13.6. The summed E-state index contributed by atoms with van der Waals surface area (Å²) in [5.74, 6) is 1.56. The number of carbonyl (C=O) groups excluding carboxylic acids is 2. The minimum absolute atomic E-state index is 0. The van der Waals surface area contributed by atoms with Crippen LogP contribution < -0.4 is 10.6 Å². The predicted molar refractivity (Wildman–Crippen MR) is 90.1 cm³/mol. The third-order valence-corrected chi connectivity index (χ3v) is 4.34. The summed E-state index contributed by atoms with van der Waals surface area (Å²) >= 11 is 0. The van der Waals surface area contributed by atoms with E-state index in [1.54, 1.807) is 0 Å². The molecule has 1 aliphatic heterocycles. The second-order valence-electron chi connectivity index (χ2n) is 6.48. The SMILES string of the molecule is CCCC(=O)NCC1CCCN(C(=O)CNCC2CC2)C1.Cl. The first-order chi connectivity index (χ1) is 10.2. The van der Waals surface area contributed by atoms with Crippen LogP contribution in [0.25, 0.3) is 0 Å². The summed E-state index contributed by atoms with van der Waals surface area (Å²) in [6.07, 6.45) is 6.25. The Balaban J connectivity index is 0.00000242. The first kappa shape index (κ1) is 19.2. The number of amides is 2. The molecule has 1 saturated heterocycles. The fraction of sp³-hybridized carbons (Fsp3) is 0.875. The van der Waals surface area contributed by atoms with Gasteiger partial charge in [-0.1, -0.05) is 6.92 Å². The summed E-state index contributed by atoms with van der Waals surface area (Å²) < 4.78 is 0. The van der Waals surface area contributed by atoms with Gasteiger partial charge >= 0.3 is 0 Å². The van der Waals surface area contributed by atoms with Gasteiger partial charge in [0.05, 0.1) is 6.54 Å². The molecule has 1 saturated carbocycles. The molecule has 1 unspecified atom stereocenters. The lowest BCUT2D eigenvalue weighted by Gasteiger charge is -2.33. The van der Waals surface area contributed by atoms with E-state index >= 15 is 0 Å². The van der Waals surface area contributed by atoms with Crippen molar-refractivity contribution in [2.24, 2.45) is 11.8 Å². The smallest absolute Gasteiger partial charge is 0.236 e. The molecule has 0 radical (unpaired) electrons. The van der Waals surface area contributed by atoms with Gasteiger partial charge in [0.2, 0.25) is 11.8 Å². The summed E-state index contributed by atoms with van der Waals surface area (Å²) in [5, 5.41) is 6.25. The van der Waals surface area contributed by atoms with E-state index in [9.17, 15) is 9.59 Å². The zero-order valence-corrected chi connectivity index (χ0v) is 14.4. The van der Waals surface area contributed by atoms with Gasteiger partial charge in [-0.3, -0.25) is 9.59 Å². The van der Waals surface area contributed by atoms with Gasteiger partial charge in [0.15, 0.2) is 0 Å². The minimum Gasteiger partial charge on any atom is -0.356 e. The third-order valence-electron chi connectivity index (χ3n) is 4.34. The number of halogens is 1. The number of nitrogens with one attached hydrogen (secondary N) is 2. The van der Waals surface area contributed by atoms with E-state index in [2.05, 4.69) is 10.6 Å². The first-order valence-corrected chi connectivity index (χ1v) is 8.44. The Morgan fingerprint density at radius 3 is 2.59 bits per heavy atom. The number of hydrogen-bond acceptors (Lipinski definition) is 3. The van der Waals surface area contributed by atoms with Crippen molar-refractivity contribution in [1.29, 1.82) is 0 Å². The average molecular weight is 332 g/mol. The van der Waals surface area contributed by atoms with Crippen molar-refractivity contribution in [1.82, 2.24) is 15.5 Å². The van der Waals surface area contributed by atoms with Gasteiger partial charge in [0.1, 0.15) is 0 Å². The van der Waals surface area contributed by atoms with Gasteiger partial charge in [-0.05, 0) is 50.5 Å². The van der Waals surface area contributed by atoms with Crippen molar-refractivity contribution < 1.29 is 9.59 Å². The summed E-state index contributed by atoms with van der Waals surface area (Å²) in [6.45, 7) is 5.81. The van der Waals surface area contributed by atoms with Gasteiger partial charge in [-0.2, -0.15) is 0 Å². The largest absolute Gasteiger partial charge is 0.356 e. The molecule has 128 valence electrons. The minimum atomic E-state index is 0. The van der Waals surface area contributed by atoms with Gasteiger partial charge in [-0.15, -0.1) is 12.4 Å². The van der Waals surface area contributed by atoms with E-state index < -0.39 is 0 Å². The van der Waals surface area contributed by atoms with Crippen LogP contribution in [0, 0.1) is 11.8 Å². The molecule has 0 aromatic rings. The van der Waals surface area contributed by atoms with E-state index in [1.807, 2.05) is 11.8 Å². The van der Waals surface area contributed by atoms with Crippen molar-refractivity contribution in [2.45, 2.75) is 45.4 Å². The molecule has 0 spiro atoms. The second kappa shape index (κ2) is 10.1. The molecular weight excluding hydrogens is 302 g/mol. The van der Waals surface area contributed by atoms with Crippen molar-refractivity contribution >= 4 is 24.2 Å². The lowest BCUT2D eigenvalue weighted by molar-refractivity contribution is -0.132. The highest BCUT2D eigenvalue weighted by Gasteiger charge is 2.25. The highest BCUT2D eigenvalue weighted by Crippen LogP contribution is 2.27. The van der Waals surface area contributed by atoms with E-state index in [-0.39, 0.29) is 24.2 Å². The third kappa shape index (κ3) is 6.97. The van der Waals surface area contributed by atoms with Crippen LogP contribution in [0.2, 0.25) is 0 Å². The Labute approximate surface area is 140 Å². The topological polar surface area (TPSA) is 61.4 Å². The second-order valence-corrected chi connectivity index (χ2v) is 6.48. The fourth-order valence-electron chi connectivity index (χ4n) is 2.85. The number of piperidine rings is 1. The monoisotopic (exact) mass is 331 g/mol. The molecule has 0 bridgehead atoms. The molecule has 2 amide bonds. The fourth-order valence-corrected chi connectivity index (χ4v) is 2.85. The molecule has 1 atom stereocenters. The Bertz CT molecular complexity index is 361. The summed E-state index contributed by atoms with van der Waals surface area (Å²) in [6, 6.07) is 0. The maximum atomic E-state index is 12.2. The molecule has 2 aliphatic rings. The molecule has 6 heteroatoms. The zero-order chi connectivity index (χ0) is 15.1. The van der Waals surface area contributed by atoms with Crippen LogP contribution in [0.5, 0.6) is 0 Å². The molecule has 1 heterocycles. The Kier molecular flexibility index (Phi) is 8.79. The number of rotatable bonds is 8. The Hall–Kier alpha value is -0.810. The molecule has 0 aromatic carbocycles. The van der Waals surface area contributed by atoms with Crippen LogP contribution in [0.3, 0.4) is 0 Å². The van der Waals surface area contributed by atoms with Crippen molar-refractivity contribution in [2.75, 3.05) is 32.7 Å². The van der Waals surface area contributed by atoms with Crippen molar-refractivity contribution in [3.63, 3.8) is 0 Å². The molecule has 0 aromatic heterocycles. The molecule has 2 N–H and O–H groups in total. The predicted octanol–water partition coefficient (Wildman–Crippen LogP) is 1.56. The first-order valence-electron chi connectivity index (χ1n) is 8.44. The molecule has 1 aliphatic carbocycles. The summed E-state index contributed by atoms with van der Waals surface area (Å²) in [7, 11) is 0. The standard InChI is InChI=1S/C16H29N3O2.ClH/c1-2-4-15(20)18-10-14-5-3-8-19(12-14)16(21)11-17-9-13-6-7-13;/h13-14,17H,2-12H2,1H3,(H,18,20);1H. The van der Waals surface area contributed by atoms with Crippen LogP contribution in [0.4, 0.5) is 0 Å². The molecule has 5 nitrogen and oxygen atoms in total. The Morgan fingerprint density at radius 2 is 1.91 bits per heavy atom. The van der Waals surface area contributed by atoms with Crippen LogP contribution >= 0.6 is 12.4 Å². The number of likely N-dealkylation sites (tertiary alicyclic amines) is 1. The van der Waals surface area contributed by atoms with E-state index in [0.29, 0.717) is 25.4 Å². The van der Waals surface area contributed by atoms with Crippen molar-refractivity contribution in [3.05, 3.63) is 0 Å². The van der Waals surface area contributed by atoms with Crippen LogP contribution in [0.1, 0.15) is 45.4 Å². The molecule has 2 fully saturated rings. The maximum Gasteiger partial charge on any atom is 0.236 e. The Morgan fingerprint density at radius 1 is 1.14 bits per heavy atom. The van der Waals surface area contributed by atoms with E-state index in [4.69, 9.17) is 0 Å². The normalized spacial score (nSPS) is 21.1. The van der Waals surface area contributed by atoms with Gasteiger partial charge in [-0.25, -0.2) is 0 Å². The number of nitrogens with zero attached hydrogens (tertiary/aromatic N) is 1. The van der Waals surface area contributed by atoms with Crippen LogP contribution in [0.15, 0.2) is 0 Å². The summed E-state index contributed by atoms with van der Waals surface area (Å²) in [4.78, 5) is 25.6. The summed E-state index contributed by atoms with van der Waals surface area (Å²) in [5.41, 5.74) is 0. The highest BCUT2D eigenvalue weighted by molar-refractivity contribution is 5.85. The van der Waals surface area contributed by atoms with E-state index in [1.165, 1.54) is 12.8 Å². The number of hydrogen-bond donors (Lipinski definition) is 2. The van der Waals surface area contributed by atoms with Gasteiger partial charge in [0.25, 0.3) is 0 Å². The quantitative estimate of drug-likeness (QED) is 0.709. The average Bonchev–Trinajstić information content (AvgIpc) is 3.30. The molecular formula is C16H30ClN3O2.